The van der Waals surface area contributed by atoms with Gasteiger partial charge in [0.05, 0.1) is 0 Å². The molecule has 1 aliphatic heterocycles. The van der Waals surface area contributed by atoms with E-state index in [1.807, 2.05) is 13.0 Å². The van der Waals surface area contributed by atoms with Crippen LogP contribution in [0.3, 0.4) is 0 Å². The molecule has 0 aromatic heterocycles. The molecule has 9 heavy (non-hydrogen) atoms. The maximum atomic E-state index is 5.72. The van der Waals surface area contributed by atoms with Crippen LogP contribution in [0.15, 0.2) is 23.5 Å². The van der Waals surface area contributed by atoms with E-state index in [9.17, 15) is 0 Å². The highest BCUT2D eigenvalue weighted by molar-refractivity contribution is 6.22. The summed E-state index contributed by atoms with van der Waals surface area (Å²) >= 11 is 5.72. The zero-order chi connectivity index (χ0) is 6.85. The Morgan fingerprint density at radius 2 is 2.44 bits per heavy atom. The molecule has 0 saturated heterocycles. The summed E-state index contributed by atoms with van der Waals surface area (Å²) in [6.45, 7) is 1.93. The van der Waals surface area contributed by atoms with Crippen molar-refractivity contribution in [3.63, 3.8) is 0 Å². The molecule has 0 saturated carbocycles. The van der Waals surface area contributed by atoms with Gasteiger partial charge in [-0.25, -0.2) is 0 Å². The minimum Gasteiger partial charge on any atom is -0.399 e. The highest BCUT2D eigenvalue weighted by atomic mass is 35.5. The van der Waals surface area contributed by atoms with Crippen LogP contribution in [-0.4, -0.2) is 5.50 Å². The van der Waals surface area contributed by atoms with E-state index in [1.165, 1.54) is 0 Å². The van der Waals surface area contributed by atoms with Gasteiger partial charge in [-0.1, -0.05) is 11.6 Å². The van der Waals surface area contributed by atoms with Crippen molar-refractivity contribution in [1.29, 1.82) is 0 Å². The number of nitrogens with two attached hydrogens (primary N) is 1. The van der Waals surface area contributed by atoms with Crippen LogP contribution in [0.1, 0.15) is 6.92 Å². The Hall–Kier alpha value is -0.630. The molecule has 1 unspecified atom stereocenters. The van der Waals surface area contributed by atoms with Crippen molar-refractivity contribution in [1.82, 2.24) is 5.32 Å². The van der Waals surface area contributed by atoms with Crippen molar-refractivity contribution in [3.05, 3.63) is 23.5 Å². The number of halogens is 1. The smallest absolute Gasteiger partial charge is 0.141 e. The van der Waals surface area contributed by atoms with Gasteiger partial charge in [0, 0.05) is 5.70 Å². The SMILES string of the molecule is CC1=C(N)C(Cl)NC=C1. The quantitative estimate of drug-likeness (QED) is 0.392. The molecule has 0 spiro atoms. The molecule has 0 radical (unpaired) electrons. The topological polar surface area (TPSA) is 38.0 Å². The number of nitrogens with one attached hydrogen (secondary N) is 1. The fourth-order valence-electron chi connectivity index (χ4n) is 0.643. The monoisotopic (exact) mass is 144 g/mol. The molecule has 3 N–H and O–H groups in total. The van der Waals surface area contributed by atoms with Crippen molar-refractivity contribution in [3.8, 4) is 0 Å². The van der Waals surface area contributed by atoms with Crippen molar-refractivity contribution in [2.24, 2.45) is 5.73 Å². The first-order valence-electron chi connectivity index (χ1n) is 2.74. The van der Waals surface area contributed by atoms with E-state index in [0.717, 1.165) is 5.57 Å². The summed E-state index contributed by atoms with van der Waals surface area (Å²) in [6, 6.07) is 0. The lowest BCUT2D eigenvalue weighted by molar-refractivity contribution is 0.826. The number of alkyl halides is 1. The maximum absolute atomic E-state index is 5.72. The Morgan fingerprint density at radius 3 is 2.89 bits per heavy atom. The van der Waals surface area contributed by atoms with Gasteiger partial charge in [-0.3, -0.25) is 0 Å². The molecule has 1 heterocycles. The summed E-state index contributed by atoms with van der Waals surface area (Å²) in [7, 11) is 0. The highest BCUT2D eigenvalue weighted by Crippen LogP contribution is 2.11. The van der Waals surface area contributed by atoms with E-state index in [2.05, 4.69) is 5.32 Å². The third-order valence-electron chi connectivity index (χ3n) is 1.30. The number of dihydropyridines is 1. The normalized spacial score (nSPS) is 26.2. The molecule has 2 nitrogen and oxygen atoms in total. The van der Waals surface area contributed by atoms with Crippen LogP contribution in [0.5, 0.6) is 0 Å². The molecule has 0 amide bonds. The molecule has 1 rings (SSSR count). The Bertz CT molecular complexity index is 172. The van der Waals surface area contributed by atoms with Gasteiger partial charge < -0.3 is 11.1 Å². The summed E-state index contributed by atoms with van der Waals surface area (Å²) in [6.07, 6.45) is 3.69. The number of rotatable bonds is 0. The molecular weight excluding hydrogens is 136 g/mol. The number of hydrogen-bond donors (Lipinski definition) is 2. The van der Waals surface area contributed by atoms with E-state index in [4.69, 9.17) is 17.3 Å². The first kappa shape index (κ1) is 6.49. The van der Waals surface area contributed by atoms with Crippen LogP contribution in [0, 0.1) is 0 Å². The highest BCUT2D eigenvalue weighted by Gasteiger charge is 2.09. The van der Waals surface area contributed by atoms with Crippen LogP contribution in [0.25, 0.3) is 0 Å². The van der Waals surface area contributed by atoms with E-state index < -0.39 is 0 Å². The molecule has 0 aliphatic carbocycles. The minimum atomic E-state index is -0.227. The Morgan fingerprint density at radius 1 is 1.78 bits per heavy atom. The summed E-state index contributed by atoms with van der Waals surface area (Å²) in [5, 5.41) is 2.86. The average molecular weight is 145 g/mol. The predicted octanol–water partition coefficient (Wildman–Crippen LogP) is 0.901. The summed E-state index contributed by atoms with van der Waals surface area (Å²) in [5.41, 5.74) is 7.07. The van der Waals surface area contributed by atoms with Crippen molar-refractivity contribution >= 4 is 11.6 Å². The molecule has 50 valence electrons. The fourth-order valence-corrected chi connectivity index (χ4v) is 0.888. The third-order valence-corrected chi connectivity index (χ3v) is 1.67. The molecule has 0 aromatic rings. The lowest BCUT2D eigenvalue weighted by Crippen LogP contribution is -2.28. The van der Waals surface area contributed by atoms with Crippen molar-refractivity contribution < 1.29 is 0 Å². The van der Waals surface area contributed by atoms with Gasteiger partial charge in [-0.15, -0.1) is 0 Å². The first-order valence-corrected chi connectivity index (χ1v) is 3.18. The van der Waals surface area contributed by atoms with Crippen LogP contribution in [0.4, 0.5) is 0 Å². The maximum Gasteiger partial charge on any atom is 0.141 e. The van der Waals surface area contributed by atoms with Gasteiger partial charge in [-0.05, 0) is 24.8 Å². The standard InChI is InChI=1S/C6H9ClN2/c1-4-2-3-9-6(7)5(4)8/h2-3,6,9H,8H2,1H3. The van der Waals surface area contributed by atoms with E-state index in [0.29, 0.717) is 5.70 Å². The van der Waals surface area contributed by atoms with Crippen LogP contribution in [0.2, 0.25) is 0 Å². The van der Waals surface area contributed by atoms with Gasteiger partial charge in [0.25, 0.3) is 0 Å². The Labute approximate surface area is 59.4 Å². The molecule has 0 aromatic carbocycles. The number of allylic oxidation sites excluding steroid dienone is 2. The summed E-state index contributed by atoms with van der Waals surface area (Å²) < 4.78 is 0. The second-order valence-corrected chi connectivity index (χ2v) is 2.44. The molecular formula is C6H9ClN2. The van der Waals surface area contributed by atoms with Crippen molar-refractivity contribution in [2.45, 2.75) is 12.4 Å². The lowest BCUT2D eigenvalue weighted by atomic mass is 10.2. The van der Waals surface area contributed by atoms with Crippen LogP contribution < -0.4 is 11.1 Å². The number of hydrogen-bond acceptors (Lipinski definition) is 2. The second-order valence-electron chi connectivity index (χ2n) is 2.00. The molecule has 1 aliphatic rings. The Kier molecular flexibility index (Phi) is 1.67. The van der Waals surface area contributed by atoms with E-state index >= 15 is 0 Å². The van der Waals surface area contributed by atoms with Crippen LogP contribution >= 0.6 is 11.6 Å². The summed E-state index contributed by atoms with van der Waals surface area (Å²) in [4.78, 5) is 0. The van der Waals surface area contributed by atoms with E-state index in [-0.39, 0.29) is 5.50 Å². The van der Waals surface area contributed by atoms with Gasteiger partial charge in [0.2, 0.25) is 0 Å². The largest absolute Gasteiger partial charge is 0.399 e. The predicted molar refractivity (Wildman–Crippen MR) is 38.8 cm³/mol. The zero-order valence-electron chi connectivity index (χ0n) is 5.19. The first-order chi connectivity index (χ1) is 4.22. The molecule has 0 fully saturated rings. The third kappa shape index (κ3) is 1.19. The van der Waals surface area contributed by atoms with Gasteiger partial charge in [-0.2, -0.15) is 0 Å². The van der Waals surface area contributed by atoms with Crippen molar-refractivity contribution in [2.75, 3.05) is 0 Å². The van der Waals surface area contributed by atoms with Gasteiger partial charge in [0.15, 0.2) is 0 Å². The second kappa shape index (κ2) is 2.31. The van der Waals surface area contributed by atoms with E-state index in [1.54, 1.807) is 6.20 Å². The lowest BCUT2D eigenvalue weighted by Gasteiger charge is -2.15. The Balaban J connectivity index is 2.83. The van der Waals surface area contributed by atoms with Gasteiger partial charge >= 0.3 is 0 Å². The summed E-state index contributed by atoms with van der Waals surface area (Å²) in [5.74, 6) is 0. The fraction of sp³-hybridized carbons (Fsp3) is 0.333. The minimum absolute atomic E-state index is 0.227. The molecule has 3 heteroatoms. The van der Waals surface area contributed by atoms with Crippen LogP contribution in [-0.2, 0) is 0 Å². The average Bonchev–Trinajstić information content (AvgIpc) is 1.83. The van der Waals surface area contributed by atoms with Gasteiger partial charge in [0.1, 0.15) is 5.50 Å². The zero-order valence-corrected chi connectivity index (χ0v) is 5.94. The molecule has 0 bridgehead atoms. The molecule has 1 atom stereocenters.